The van der Waals surface area contributed by atoms with E-state index in [1.807, 2.05) is 0 Å². The molecule has 60 heavy (non-hydrogen) atoms. The van der Waals surface area contributed by atoms with Gasteiger partial charge in [-0.3, -0.25) is 4.90 Å². The van der Waals surface area contributed by atoms with Crippen molar-refractivity contribution in [2.45, 2.75) is 63.1 Å². The lowest BCUT2D eigenvalue weighted by Gasteiger charge is -2.44. The molecule has 5 heterocycles. The lowest BCUT2D eigenvalue weighted by atomic mass is 9.86. The van der Waals surface area contributed by atoms with E-state index in [4.69, 9.17) is 56.5 Å². The standard InChI is InChI=1S/C38H37Cl2F2N3O8.C2HF3O2/c39-29-17-45(48)18-30(40)28(29)16-32(24-6-7-31(53-38(41)42)33(15-24)50-20-22-4-5-22)51-36(46)25-2-1-3-27(14-25)43-35(26-10-13-49-21-26)37(47)52-34-19-44-11-8-23(34)9-12-44;3-2(4,5)1(6)7/h1-3,6-7,10,13-15,17-18,21-23,32,34-35,38,43H,4-5,8-9,11-12,16,19-20H2;(H,6,7)/t32-,34-,35?;/m0./s1. The number of ether oxygens (including phenoxy) is 4. The molecule has 0 radical (unpaired) electrons. The van der Waals surface area contributed by atoms with Crippen molar-refractivity contribution in [2.24, 2.45) is 11.8 Å². The van der Waals surface area contributed by atoms with Gasteiger partial charge >= 0.3 is 30.7 Å². The molecule has 3 aliphatic heterocycles. The monoisotopic (exact) mass is 885 g/mol. The van der Waals surface area contributed by atoms with E-state index >= 15 is 0 Å². The lowest BCUT2D eigenvalue weighted by Crippen LogP contribution is -2.52. The number of fused-ring (bicyclic) bond motifs is 3. The van der Waals surface area contributed by atoms with Crippen LogP contribution in [0.2, 0.25) is 10.0 Å². The van der Waals surface area contributed by atoms with Crippen molar-refractivity contribution >= 4 is 46.8 Å². The quantitative estimate of drug-likeness (QED) is 0.0510. The van der Waals surface area contributed by atoms with Crippen molar-refractivity contribution in [3.05, 3.63) is 111 Å². The molecule has 322 valence electrons. The minimum atomic E-state index is -5.08. The number of carboxylic acids is 1. The summed E-state index contributed by atoms with van der Waals surface area (Å²) in [6.45, 7) is -0.0743. The minimum absolute atomic E-state index is 0.0398. The van der Waals surface area contributed by atoms with Crippen molar-refractivity contribution in [3.8, 4) is 11.5 Å². The first kappa shape index (κ1) is 44.2. The minimum Gasteiger partial charge on any atom is -0.619 e. The Morgan fingerprint density at radius 2 is 1.68 bits per heavy atom. The normalized spacial score (nSPS) is 19.4. The Balaban J connectivity index is 0.000000793. The molecule has 0 amide bonds. The summed E-state index contributed by atoms with van der Waals surface area (Å²) in [5.41, 5.74) is 1.83. The number of carboxylic acid groups (broad SMARTS) is 1. The first-order valence-corrected chi connectivity index (χ1v) is 19.4. The third kappa shape index (κ3) is 11.9. The molecule has 0 spiro atoms. The summed E-state index contributed by atoms with van der Waals surface area (Å²) in [7, 11) is 0. The van der Waals surface area contributed by atoms with Gasteiger partial charge in [-0.1, -0.05) is 35.3 Å². The van der Waals surface area contributed by atoms with Crippen LogP contribution in [0.15, 0.2) is 77.9 Å². The number of anilines is 1. The van der Waals surface area contributed by atoms with Crippen LogP contribution in [0.3, 0.4) is 0 Å². The number of pyridine rings is 1. The van der Waals surface area contributed by atoms with Crippen LogP contribution in [0.1, 0.15) is 64.9 Å². The third-order valence-electron chi connectivity index (χ3n) is 10.1. The van der Waals surface area contributed by atoms with Crippen molar-refractivity contribution in [1.82, 2.24) is 4.90 Å². The summed E-state index contributed by atoms with van der Waals surface area (Å²) in [6, 6.07) is 11.5. The second kappa shape index (κ2) is 19.4. The molecule has 2 bridgehead atoms. The van der Waals surface area contributed by atoms with E-state index in [-0.39, 0.29) is 39.6 Å². The van der Waals surface area contributed by atoms with Gasteiger partial charge in [0.15, 0.2) is 29.9 Å². The van der Waals surface area contributed by atoms with Gasteiger partial charge in [-0.05, 0) is 92.6 Å². The van der Waals surface area contributed by atoms with Crippen LogP contribution in [-0.4, -0.2) is 73.0 Å². The second-order valence-corrected chi connectivity index (χ2v) is 15.2. The maximum absolute atomic E-state index is 13.9. The number of aliphatic carboxylic acids is 1. The van der Waals surface area contributed by atoms with Crippen LogP contribution in [0.5, 0.6) is 11.5 Å². The Kier molecular flexibility index (Phi) is 14.3. The zero-order valence-corrected chi connectivity index (χ0v) is 32.9. The maximum Gasteiger partial charge on any atom is 0.490 e. The molecule has 13 nitrogen and oxygen atoms in total. The molecule has 1 aliphatic carbocycles. The van der Waals surface area contributed by atoms with E-state index in [9.17, 15) is 36.7 Å². The predicted molar refractivity (Wildman–Crippen MR) is 203 cm³/mol. The molecule has 2 aromatic heterocycles. The zero-order chi connectivity index (χ0) is 43.1. The van der Waals surface area contributed by atoms with E-state index in [1.54, 1.807) is 30.3 Å². The van der Waals surface area contributed by atoms with Crippen molar-refractivity contribution < 1.29 is 69.5 Å². The fraction of sp³-hybridized carbons (Fsp3) is 0.400. The zero-order valence-electron chi connectivity index (χ0n) is 31.4. The van der Waals surface area contributed by atoms with Gasteiger partial charge in [0.1, 0.15) is 22.3 Å². The molecule has 1 saturated carbocycles. The number of carbonyl (C=O) groups excluding carboxylic acids is 2. The number of piperidine rings is 3. The first-order valence-electron chi connectivity index (χ1n) is 18.6. The molecule has 20 heteroatoms. The number of carbonyl (C=O) groups is 3. The van der Waals surface area contributed by atoms with E-state index < -0.39 is 42.8 Å². The number of furan rings is 1. The Morgan fingerprint density at radius 1 is 0.983 bits per heavy atom. The lowest BCUT2D eigenvalue weighted by molar-refractivity contribution is -0.605. The Labute approximate surface area is 349 Å². The van der Waals surface area contributed by atoms with Crippen LogP contribution in [0.4, 0.5) is 27.6 Å². The van der Waals surface area contributed by atoms with Gasteiger partial charge < -0.3 is 39.0 Å². The number of halogens is 7. The highest BCUT2D eigenvalue weighted by Gasteiger charge is 2.39. The number of hydrogen-bond donors (Lipinski definition) is 2. The number of benzene rings is 2. The fourth-order valence-corrected chi connectivity index (χ4v) is 7.34. The summed E-state index contributed by atoms with van der Waals surface area (Å²) >= 11 is 12.8. The Morgan fingerprint density at radius 3 is 2.27 bits per heavy atom. The first-order chi connectivity index (χ1) is 28.5. The Bertz CT molecular complexity index is 2110. The largest absolute Gasteiger partial charge is 0.619 e. The molecular formula is C40H38Cl2F5N3O10. The van der Waals surface area contributed by atoms with Gasteiger partial charge in [-0.15, -0.1) is 0 Å². The molecule has 4 aliphatic rings. The molecule has 3 saturated heterocycles. The highest BCUT2D eigenvalue weighted by atomic mass is 35.5. The van der Waals surface area contributed by atoms with Crippen molar-refractivity contribution in [1.29, 1.82) is 0 Å². The topological polar surface area (TPSA) is 164 Å². The van der Waals surface area contributed by atoms with E-state index in [1.165, 1.54) is 30.7 Å². The number of rotatable bonds is 15. The number of alkyl halides is 5. The van der Waals surface area contributed by atoms with Crippen LogP contribution >= 0.6 is 23.2 Å². The number of hydrogen-bond acceptors (Lipinski definition) is 11. The molecule has 2 aromatic carbocycles. The molecule has 4 aromatic rings. The van der Waals surface area contributed by atoms with E-state index in [2.05, 4.69) is 10.2 Å². The van der Waals surface area contributed by atoms with Crippen LogP contribution < -0.4 is 19.5 Å². The van der Waals surface area contributed by atoms with Crippen molar-refractivity contribution in [2.75, 3.05) is 31.6 Å². The maximum atomic E-state index is 13.9. The smallest absolute Gasteiger partial charge is 0.490 e. The molecule has 3 atom stereocenters. The average Bonchev–Trinajstić information content (AvgIpc) is 3.87. The van der Waals surface area contributed by atoms with Gasteiger partial charge in [-0.2, -0.15) is 26.7 Å². The molecule has 2 N–H and O–H groups in total. The van der Waals surface area contributed by atoms with Crippen LogP contribution in [0, 0.1) is 17.0 Å². The van der Waals surface area contributed by atoms with Gasteiger partial charge in [0.05, 0.1) is 24.7 Å². The van der Waals surface area contributed by atoms with E-state index in [0.29, 0.717) is 52.1 Å². The van der Waals surface area contributed by atoms with Gasteiger partial charge in [0, 0.05) is 29.8 Å². The van der Waals surface area contributed by atoms with Gasteiger partial charge in [-0.25, -0.2) is 14.4 Å². The summed E-state index contributed by atoms with van der Waals surface area (Å²) in [4.78, 5) is 38.7. The number of aromatic nitrogens is 1. The van der Waals surface area contributed by atoms with E-state index in [0.717, 1.165) is 51.2 Å². The Hall–Kier alpha value is -5.33. The predicted octanol–water partition coefficient (Wildman–Crippen LogP) is 8.17. The molecule has 1 unspecified atom stereocenters. The summed E-state index contributed by atoms with van der Waals surface area (Å²) in [5, 5.41) is 22.4. The SMILES string of the molecule is O=C(O)C(F)(F)F.O=C(O[C@@H](Cc1c(Cl)c[n+]([O-])cc1Cl)c1ccc(OC(F)F)c(OCC2CC2)c1)c1cccc(NC(C(=O)O[C@H]2CN3CCC2CC3)c2ccoc2)c1. The number of nitrogens with zero attached hydrogens (tertiary/aromatic N) is 2. The number of esters is 2. The third-order valence-corrected chi connectivity index (χ3v) is 10.7. The van der Waals surface area contributed by atoms with Crippen LogP contribution in [0.25, 0.3) is 0 Å². The summed E-state index contributed by atoms with van der Waals surface area (Å²) in [5.74, 6) is -3.46. The van der Waals surface area contributed by atoms with Gasteiger partial charge in [0.25, 0.3) is 0 Å². The highest BCUT2D eigenvalue weighted by molar-refractivity contribution is 6.35. The average molecular weight is 887 g/mol. The summed E-state index contributed by atoms with van der Waals surface area (Å²) in [6.07, 6.45) is 2.64. The van der Waals surface area contributed by atoms with Crippen LogP contribution in [-0.2, 0) is 25.5 Å². The molecule has 8 rings (SSSR count). The number of nitrogens with one attached hydrogen (secondary N) is 1. The summed E-state index contributed by atoms with van der Waals surface area (Å²) < 4.78 is 86.7. The molecule has 4 fully saturated rings. The van der Waals surface area contributed by atoms with Crippen molar-refractivity contribution in [3.63, 3.8) is 0 Å². The second-order valence-electron chi connectivity index (χ2n) is 14.4. The molecular weight excluding hydrogens is 848 g/mol. The highest BCUT2D eigenvalue weighted by Crippen LogP contribution is 2.38. The van der Waals surface area contributed by atoms with Gasteiger partial charge in [0.2, 0.25) is 0 Å². The fourth-order valence-electron chi connectivity index (χ4n) is 6.74.